The number of anilines is 1. The summed E-state index contributed by atoms with van der Waals surface area (Å²) in [6, 6.07) is 8.79. The third-order valence-electron chi connectivity index (χ3n) is 3.36. The molecule has 7 heteroatoms. The van der Waals surface area contributed by atoms with Crippen molar-refractivity contribution < 1.29 is 13.9 Å². The van der Waals surface area contributed by atoms with Gasteiger partial charge in [0.05, 0.1) is 25.1 Å². The molecule has 0 aliphatic heterocycles. The number of hydrogen-bond acceptors (Lipinski definition) is 4. The summed E-state index contributed by atoms with van der Waals surface area (Å²) >= 11 is 3.38. The van der Waals surface area contributed by atoms with Crippen LogP contribution in [0.5, 0.6) is 5.75 Å². The molecular formula is C16H20BrN3O3. The molecule has 2 rings (SSSR count). The summed E-state index contributed by atoms with van der Waals surface area (Å²) in [6.45, 7) is 0.419. The molecule has 0 saturated carbocycles. The molecule has 1 aromatic heterocycles. The molecule has 0 aliphatic carbocycles. The average molecular weight is 382 g/mol. The van der Waals surface area contributed by atoms with Gasteiger partial charge in [-0.1, -0.05) is 15.9 Å². The molecule has 2 amide bonds. The van der Waals surface area contributed by atoms with Crippen LogP contribution in [-0.2, 0) is 0 Å². The number of nitrogens with zero attached hydrogens (tertiary/aromatic N) is 1. The molecule has 1 heterocycles. The molecule has 1 aromatic carbocycles. The minimum Gasteiger partial charge on any atom is -0.495 e. The fraction of sp³-hybridized carbons (Fsp3) is 0.312. The van der Waals surface area contributed by atoms with Gasteiger partial charge in [0.25, 0.3) is 0 Å². The van der Waals surface area contributed by atoms with Crippen LogP contribution in [0.4, 0.5) is 10.5 Å². The average Bonchev–Trinajstić information content (AvgIpc) is 3.01. The Morgan fingerprint density at radius 3 is 2.78 bits per heavy atom. The molecule has 0 saturated heterocycles. The minimum atomic E-state index is -0.306. The van der Waals surface area contributed by atoms with Crippen LogP contribution in [-0.4, -0.2) is 38.7 Å². The standard InChI is InChI=1S/C16H20BrN3O3/c1-20(2)13(15-5-4-8-23-15)10-18-16(21)19-12-9-11(17)6-7-14(12)22-3/h4-9,13H,10H2,1-3H3,(H2,18,19,21). The van der Waals surface area contributed by atoms with E-state index in [4.69, 9.17) is 9.15 Å². The molecule has 6 nitrogen and oxygen atoms in total. The highest BCUT2D eigenvalue weighted by molar-refractivity contribution is 9.10. The number of amides is 2. The number of halogens is 1. The molecule has 0 fully saturated rings. The third kappa shape index (κ3) is 4.74. The molecule has 0 radical (unpaired) electrons. The van der Waals surface area contributed by atoms with Gasteiger partial charge in [0.2, 0.25) is 0 Å². The van der Waals surface area contributed by atoms with E-state index in [0.717, 1.165) is 10.2 Å². The Kier molecular flexibility index (Phi) is 6.06. The van der Waals surface area contributed by atoms with Crippen LogP contribution < -0.4 is 15.4 Å². The van der Waals surface area contributed by atoms with Crippen LogP contribution in [0.2, 0.25) is 0 Å². The fourth-order valence-electron chi connectivity index (χ4n) is 2.15. The first-order chi connectivity index (χ1) is 11.0. The lowest BCUT2D eigenvalue weighted by Gasteiger charge is -2.22. The predicted molar refractivity (Wildman–Crippen MR) is 92.9 cm³/mol. The van der Waals surface area contributed by atoms with E-state index in [2.05, 4.69) is 26.6 Å². The molecule has 0 aliphatic rings. The van der Waals surface area contributed by atoms with Gasteiger partial charge in [-0.3, -0.25) is 4.90 Å². The van der Waals surface area contributed by atoms with E-state index in [9.17, 15) is 4.79 Å². The SMILES string of the molecule is COc1ccc(Br)cc1NC(=O)NCC(c1ccco1)N(C)C. The second-order valence-electron chi connectivity index (χ2n) is 5.17. The summed E-state index contributed by atoms with van der Waals surface area (Å²) in [5.74, 6) is 1.40. The normalized spacial score (nSPS) is 12.0. The minimum absolute atomic E-state index is 0.0415. The van der Waals surface area contributed by atoms with Crippen molar-refractivity contribution in [2.75, 3.05) is 33.1 Å². The first-order valence-corrected chi connectivity index (χ1v) is 7.88. The Hall–Kier alpha value is -1.99. The molecule has 124 valence electrons. The first kappa shape index (κ1) is 17.4. The summed E-state index contributed by atoms with van der Waals surface area (Å²) in [5.41, 5.74) is 0.596. The molecular weight excluding hydrogens is 362 g/mol. The summed E-state index contributed by atoms with van der Waals surface area (Å²) in [7, 11) is 5.43. The van der Waals surface area contributed by atoms with Crippen LogP contribution in [0.25, 0.3) is 0 Å². The number of nitrogens with one attached hydrogen (secondary N) is 2. The summed E-state index contributed by atoms with van der Waals surface area (Å²) in [6.07, 6.45) is 1.62. The van der Waals surface area contributed by atoms with Gasteiger partial charge in [-0.05, 0) is 44.4 Å². The number of benzene rings is 1. The van der Waals surface area contributed by atoms with Crippen LogP contribution in [0.1, 0.15) is 11.8 Å². The van der Waals surface area contributed by atoms with Crippen molar-refractivity contribution in [1.82, 2.24) is 10.2 Å². The van der Waals surface area contributed by atoms with Gasteiger partial charge >= 0.3 is 6.03 Å². The number of urea groups is 1. The first-order valence-electron chi connectivity index (χ1n) is 7.09. The van der Waals surface area contributed by atoms with Crippen molar-refractivity contribution in [3.63, 3.8) is 0 Å². The Morgan fingerprint density at radius 2 is 2.17 bits per heavy atom. The Morgan fingerprint density at radius 1 is 1.39 bits per heavy atom. The second kappa shape index (κ2) is 8.03. The monoisotopic (exact) mass is 381 g/mol. The van der Waals surface area contributed by atoms with Gasteiger partial charge in [0.1, 0.15) is 11.5 Å². The van der Waals surface area contributed by atoms with Crippen molar-refractivity contribution in [2.24, 2.45) is 0 Å². The van der Waals surface area contributed by atoms with Gasteiger partial charge < -0.3 is 19.8 Å². The van der Waals surface area contributed by atoms with Gasteiger partial charge in [-0.25, -0.2) is 4.79 Å². The van der Waals surface area contributed by atoms with E-state index >= 15 is 0 Å². The highest BCUT2D eigenvalue weighted by Gasteiger charge is 2.18. The predicted octanol–water partition coefficient (Wildman–Crippen LogP) is 3.48. The lowest BCUT2D eigenvalue weighted by atomic mass is 10.2. The molecule has 2 aromatic rings. The van der Waals surface area contributed by atoms with Gasteiger partial charge in [0.15, 0.2) is 0 Å². The maximum absolute atomic E-state index is 12.1. The van der Waals surface area contributed by atoms with E-state index in [-0.39, 0.29) is 12.1 Å². The zero-order chi connectivity index (χ0) is 16.8. The largest absolute Gasteiger partial charge is 0.495 e. The van der Waals surface area contributed by atoms with Gasteiger partial charge in [0, 0.05) is 11.0 Å². The smallest absolute Gasteiger partial charge is 0.319 e. The molecule has 23 heavy (non-hydrogen) atoms. The van der Waals surface area contributed by atoms with Crippen molar-refractivity contribution >= 4 is 27.6 Å². The number of carbonyl (C=O) groups excluding carboxylic acids is 1. The number of ether oxygens (including phenoxy) is 1. The number of likely N-dealkylation sites (N-methyl/N-ethyl adjacent to an activating group) is 1. The van der Waals surface area contributed by atoms with Crippen LogP contribution in [0.3, 0.4) is 0 Å². The number of hydrogen-bond donors (Lipinski definition) is 2. The molecule has 1 unspecified atom stereocenters. The molecule has 0 spiro atoms. The molecule has 1 atom stereocenters. The second-order valence-corrected chi connectivity index (χ2v) is 6.09. The topological polar surface area (TPSA) is 66.7 Å². The van der Waals surface area contributed by atoms with Crippen LogP contribution in [0.15, 0.2) is 45.5 Å². The quantitative estimate of drug-likeness (QED) is 0.803. The van der Waals surface area contributed by atoms with Crippen molar-refractivity contribution in [1.29, 1.82) is 0 Å². The third-order valence-corrected chi connectivity index (χ3v) is 3.85. The molecule has 0 bridgehead atoms. The maximum atomic E-state index is 12.1. The summed E-state index contributed by atoms with van der Waals surface area (Å²) in [5, 5.41) is 5.64. The number of methoxy groups -OCH3 is 1. The van der Waals surface area contributed by atoms with Crippen molar-refractivity contribution in [2.45, 2.75) is 6.04 Å². The lowest BCUT2D eigenvalue weighted by molar-refractivity contribution is 0.233. The highest BCUT2D eigenvalue weighted by Crippen LogP contribution is 2.27. The fourth-order valence-corrected chi connectivity index (χ4v) is 2.51. The van der Waals surface area contributed by atoms with Crippen molar-refractivity contribution in [3.05, 3.63) is 46.8 Å². The van der Waals surface area contributed by atoms with E-state index in [0.29, 0.717) is 18.0 Å². The van der Waals surface area contributed by atoms with Gasteiger partial charge in [-0.15, -0.1) is 0 Å². The van der Waals surface area contributed by atoms with Crippen LogP contribution >= 0.6 is 15.9 Å². The Bertz CT molecular complexity index is 644. The zero-order valence-corrected chi connectivity index (χ0v) is 14.9. The highest BCUT2D eigenvalue weighted by atomic mass is 79.9. The number of rotatable bonds is 6. The Labute approximate surface area is 143 Å². The maximum Gasteiger partial charge on any atom is 0.319 e. The summed E-state index contributed by atoms with van der Waals surface area (Å²) < 4.78 is 11.5. The molecule has 2 N–H and O–H groups in total. The van der Waals surface area contributed by atoms with Crippen LogP contribution in [0, 0.1) is 0 Å². The van der Waals surface area contributed by atoms with E-state index in [1.807, 2.05) is 37.2 Å². The van der Waals surface area contributed by atoms with Gasteiger partial charge in [-0.2, -0.15) is 0 Å². The van der Waals surface area contributed by atoms with E-state index < -0.39 is 0 Å². The number of carbonyl (C=O) groups is 1. The lowest BCUT2D eigenvalue weighted by Crippen LogP contribution is -2.36. The van der Waals surface area contributed by atoms with Crippen molar-refractivity contribution in [3.8, 4) is 5.75 Å². The Balaban J connectivity index is 1.98. The number of furan rings is 1. The van der Waals surface area contributed by atoms with E-state index in [1.54, 1.807) is 25.5 Å². The summed E-state index contributed by atoms with van der Waals surface area (Å²) in [4.78, 5) is 14.1. The zero-order valence-electron chi connectivity index (χ0n) is 13.3. The van der Waals surface area contributed by atoms with E-state index in [1.165, 1.54) is 0 Å².